The minimum Gasteiger partial charge on any atom is -0.370 e. The van der Waals surface area contributed by atoms with Gasteiger partial charge in [-0.05, 0) is 31.4 Å². The third kappa shape index (κ3) is 3.51. The summed E-state index contributed by atoms with van der Waals surface area (Å²) in [4.78, 5) is 13.9. The highest BCUT2D eigenvalue weighted by atomic mass is 32.2. The van der Waals surface area contributed by atoms with E-state index in [1.165, 1.54) is 22.6 Å². The summed E-state index contributed by atoms with van der Waals surface area (Å²) < 4.78 is 2.10. The highest BCUT2D eigenvalue weighted by Crippen LogP contribution is 2.32. The number of aryl methyl sites for hydroxylation is 1. The number of para-hydroxylation sites is 1. The molecule has 3 aromatic rings. The third-order valence-corrected chi connectivity index (χ3v) is 6.19. The monoisotopic (exact) mass is 404 g/mol. The molecular formula is C22H24N6S. The molecule has 0 aliphatic carbocycles. The molecule has 0 saturated carbocycles. The van der Waals surface area contributed by atoms with Crippen molar-refractivity contribution in [2.75, 3.05) is 37.3 Å². The van der Waals surface area contributed by atoms with Gasteiger partial charge in [0.15, 0.2) is 5.16 Å². The second kappa shape index (κ2) is 7.55. The lowest BCUT2D eigenvalue weighted by molar-refractivity contribution is 0.309. The van der Waals surface area contributed by atoms with Crippen molar-refractivity contribution in [3.63, 3.8) is 0 Å². The molecule has 1 saturated heterocycles. The quantitative estimate of drug-likeness (QED) is 0.490. The number of aromatic nitrogens is 4. The number of fused-ring (bicyclic) bond motifs is 1. The summed E-state index contributed by atoms with van der Waals surface area (Å²) in [7, 11) is 0. The van der Waals surface area contributed by atoms with Crippen LogP contribution in [0.25, 0.3) is 17.2 Å². The number of hydrogen-bond donors (Lipinski definition) is 0. The number of allylic oxidation sites excluding steroid dienone is 1. The molecule has 6 nitrogen and oxygen atoms in total. The number of anilines is 1. The Morgan fingerprint density at radius 1 is 0.966 bits per heavy atom. The maximum absolute atomic E-state index is 4.57. The Bertz CT molecular complexity index is 1050. The number of piperazine rings is 1. The molecule has 29 heavy (non-hydrogen) atoms. The largest absolute Gasteiger partial charge is 0.370 e. The van der Waals surface area contributed by atoms with E-state index >= 15 is 0 Å². The van der Waals surface area contributed by atoms with Crippen LogP contribution in [0.3, 0.4) is 0 Å². The fraction of sp³-hybridized carbons (Fsp3) is 0.318. The van der Waals surface area contributed by atoms with Gasteiger partial charge in [0, 0.05) is 61.1 Å². The highest BCUT2D eigenvalue weighted by molar-refractivity contribution is 7.98. The van der Waals surface area contributed by atoms with E-state index < -0.39 is 0 Å². The Hall–Kier alpha value is -2.80. The molecule has 148 valence electrons. The van der Waals surface area contributed by atoms with E-state index in [-0.39, 0.29) is 0 Å². The maximum atomic E-state index is 4.57. The Morgan fingerprint density at radius 3 is 2.41 bits per heavy atom. The van der Waals surface area contributed by atoms with Crippen molar-refractivity contribution < 1.29 is 0 Å². The minimum atomic E-state index is 0.805. The van der Waals surface area contributed by atoms with Gasteiger partial charge < -0.3 is 9.80 Å². The second-order valence-corrected chi connectivity index (χ2v) is 8.23. The Labute approximate surface area is 175 Å². The fourth-order valence-electron chi connectivity index (χ4n) is 4.16. The predicted molar refractivity (Wildman–Crippen MR) is 118 cm³/mol. The Balaban J connectivity index is 1.31. The van der Waals surface area contributed by atoms with Gasteiger partial charge in [0.05, 0.1) is 17.9 Å². The summed E-state index contributed by atoms with van der Waals surface area (Å²) in [6.45, 7) is 6.98. The van der Waals surface area contributed by atoms with Gasteiger partial charge in [-0.15, -0.1) is 0 Å². The SMILES string of the molecule is CSc1ncc(-c2ccccc2N2CCN(C3=Cc4cc(C)nn4C3)CC2)cn1. The van der Waals surface area contributed by atoms with Crippen LogP contribution < -0.4 is 4.90 Å². The molecule has 2 aromatic heterocycles. The van der Waals surface area contributed by atoms with Gasteiger partial charge >= 0.3 is 0 Å². The number of hydrogen-bond acceptors (Lipinski definition) is 6. The van der Waals surface area contributed by atoms with E-state index in [0.717, 1.165) is 49.1 Å². The lowest BCUT2D eigenvalue weighted by Gasteiger charge is -2.38. The first-order valence-corrected chi connectivity index (χ1v) is 11.1. The molecule has 2 aliphatic rings. The molecular weight excluding hydrogens is 380 g/mol. The predicted octanol–water partition coefficient (Wildman–Crippen LogP) is 3.55. The van der Waals surface area contributed by atoms with Gasteiger partial charge in [-0.1, -0.05) is 30.0 Å². The zero-order valence-corrected chi connectivity index (χ0v) is 17.6. The molecule has 0 amide bonds. The van der Waals surface area contributed by atoms with E-state index in [2.05, 4.69) is 72.9 Å². The van der Waals surface area contributed by atoms with E-state index in [9.17, 15) is 0 Å². The first-order chi connectivity index (χ1) is 14.2. The zero-order chi connectivity index (χ0) is 19.8. The Morgan fingerprint density at radius 2 is 1.69 bits per heavy atom. The van der Waals surface area contributed by atoms with Crippen LogP contribution in [0.5, 0.6) is 0 Å². The molecule has 5 rings (SSSR count). The summed E-state index contributed by atoms with van der Waals surface area (Å²) >= 11 is 1.56. The molecule has 7 heteroatoms. The van der Waals surface area contributed by atoms with Crippen LogP contribution in [0.1, 0.15) is 11.4 Å². The van der Waals surface area contributed by atoms with E-state index in [4.69, 9.17) is 0 Å². The topological polar surface area (TPSA) is 50.1 Å². The van der Waals surface area contributed by atoms with E-state index in [1.807, 2.05) is 18.6 Å². The average Bonchev–Trinajstić information content (AvgIpc) is 3.31. The summed E-state index contributed by atoms with van der Waals surface area (Å²) in [5, 5.41) is 5.38. The van der Waals surface area contributed by atoms with Crippen molar-refractivity contribution in [2.45, 2.75) is 18.6 Å². The summed E-state index contributed by atoms with van der Waals surface area (Å²) in [5.41, 5.74) is 7.22. The molecule has 0 N–H and O–H groups in total. The normalized spacial score (nSPS) is 16.1. The van der Waals surface area contributed by atoms with Crippen molar-refractivity contribution in [1.29, 1.82) is 0 Å². The summed E-state index contributed by atoms with van der Waals surface area (Å²) in [6.07, 6.45) is 8.14. The van der Waals surface area contributed by atoms with Crippen LogP contribution in [-0.2, 0) is 6.54 Å². The molecule has 0 bridgehead atoms. The third-order valence-electron chi connectivity index (χ3n) is 5.61. The van der Waals surface area contributed by atoms with Crippen molar-refractivity contribution in [1.82, 2.24) is 24.6 Å². The number of benzene rings is 1. The standard InChI is InChI=1S/C22H24N6S/c1-16-11-18-12-19(15-28(18)25-16)26-7-9-27(10-8-26)21-6-4-3-5-20(21)17-13-23-22(29-2)24-14-17/h3-6,11-14H,7-10,15H2,1-2H3. The van der Waals surface area contributed by atoms with Crippen molar-refractivity contribution in [3.8, 4) is 11.1 Å². The van der Waals surface area contributed by atoms with E-state index in [1.54, 1.807) is 11.8 Å². The molecule has 0 radical (unpaired) electrons. The van der Waals surface area contributed by atoms with Gasteiger partial charge in [-0.3, -0.25) is 4.68 Å². The second-order valence-electron chi connectivity index (χ2n) is 7.45. The number of rotatable bonds is 4. The van der Waals surface area contributed by atoms with Crippen LogP contribution in [0.15, 0.2) is 53.6 Å². The molecule has 2 aliphatic heterocycles. The van der Waals surface area contributed by atoms with Crippen LogP contribution in [0.4, 0.5) is 5.69 Å². The zero-order valence-electron chi connectivity index (χ0n) is 16.7. The minimum absolute atomic E-state index is 0.805. The average molecular weight is 405 g/mol. The number of thioether (sulfide) groups is 1. The lowest BCUT2D eigenvalue weighted by atomic mass is 10.1. The molecule has 0 unspecified atom stereocenters. The molecule has 0 spiro atoms. The first kappa shape index (κ1) is 18.2. The van der Waals surface area contributed by atoms with Crippen LogP contribution in [-0.4, -0.2) is 57.1 Å². The summed E-state index contributed by atoms with van der Waals surface area (Å²) in [6, 6.07) is 10.7. The molecule has 0 atom stereocenters. The first-order valence-electron chi connectivity index (χ1n) is 9.91. The molecule has 4 heterocycles. The van der Waals surface area contributed by atoms with Gasteiger partial charge in [0.25, 0.3) is 0 Å². The molecule has 1 aromatic carbocycles. The van der Waals surface area contributed by atoms with Gasteiger partial charge in [0.1, 0.15) is 0 Å². The van der Waals surface area contributed by atoms with Crippen molar-refractivity contribution in [3.05, 3.63) is 59.8 Å². The fourth-order valence-corrected chi connectivity index (χ4v) is 4.47. The highest BCUT2D eigenvalue weighted by Gasteiger charge is 2.24. The van der Waals surface area contributed by atoms with Crippen molar-refractivity contribution >= 4 is 23.5 Å². The van der Waals surface area contributed by atoms with Crippen LogP contribution >= 0.6 is 11.8 Å². The lowest BCUT2D eigenvalue weighted by Crippen LogP contribution is -2.46. The maximum Gasteiger partial charge on any atom is 0.187 e. The van der Waals surface area contributed by atoms with Gasteiger partial charge in [-0.2, -0.15) is 5.10 Å². The van der Waals surface area contributed by atoms with Gasteiger partial charge in [-0.25, -0.2) is 9.97 Å². The van der Waals surface area contributed by atoms with Crippen LogP contribution in [0.2, 0.25) is 0 Å². The van der Waals surface area contributed by atoms with Gasteiger partial charge in [0.2, 0.25) is 0 Å². The molecule has 1 fully saturated rings. The number of nitrogens with zero attached hydrogens (tertiary/aromatic N) is 6. The van der Waals surface area contributed by atoms with E-state index in [0.29, 0.717) is 0 Å². The smallest absolute Gasteiger partial charge is 0.187 e. The summed E-state index contributed by atoms with van der Waals surface area (Å²) in [5.74, 6) is 0. The Kier molecular flexibility index (Phi) is 4.75. The van der Waals surface area contributed by atoms with Crippen molar-refractivity contribution in [2.24, 2.45) is 0 Å². The van der Waals surface area contributed by atoms with Crippen LogP contribution in [0, 0.1) is 6.92 Å².